The maximum Gasteiger partial charge on any atom is 0.330 e. The molecule has 0 aliphatic carbocycles. The number of carbonyl (C=O) groups is 2. The Morgan fingerprint density at radius 2 is 1.44 bits per heavy atom. The minimum atomic E-state index is -0.412. The molecular weight excluding hydrogens is 208 g/mol. The Kier molecular flexibility index (Phi) is 7.85. The second-order valence-electron chi connectivity index (χ2n) is 3.43. The number of hydrogen-bond donors (Lipinski definition) is 0. The van der Waals surface area contributed by atoms with E-state index in [1.54, 1.807) is 0 Å². The molecule has 0 aromatic carbocycles. The fourth-order valence-corrected chi connectivity index (χ4v) is 0.984. The molecule has 0 heterocycles. The van der Waals surface area contributed by atoms with Crippen molar-refractivity contribution in [1.82, 2.24) is 0 Å². The van der Waals surface area contributed by atoms with E-state index in [-0.39, 0.29) is 0 Å². The van der Waals surface area contributed by atoms with Crippen LogP contribution in [0, 0.1) is 5.92 Å². The summed E-state index contributed by atoms with van der Waals surface area (Å²) in [5, 5.41) is 0. The molecule has 0 bridgehead atoms. The van der Waals surface area contributed by atoms with Crippen molar-refractivity contribution >= 4 is 11.9 Å². The van der Waals surface area contributed by atoms with Gasteiger partial charge in [-0.05, 0) is 18.8 Å². The molecule has 0 spiro atoms. The highest BCUT2D eigenvalue weighted by Gasteiger charge is 2.05. The van der Waals surface area contributed by atoms with Gasteiger partial charge in [-0.15, -0.1) is 0 Å². The fourth-order valence-electron chi connectivity index (χ4n) is 0.984. The minimum Gasteiger partial charge on any atom is -0.463 e. The topological polar surface area (TPSA) is 52.6 Å². The maximum atomic E-state index is 10.7. The average Bonchev–Trinajstić information content (AvgIpc) is 2.28. The van der Waals surface area contributed by atoms with Crippen LogP contribution in [0.5, 0.6) is 0 Å². The van der Waals surface area contributed by atoms with E-state index >= 15 is 0 Å². The lowest BCUT2D eigenvalue weighted by Crippen LogP contribution is -2.09. The number of ether oxygens (including phenoxy) is 2. The molecule has 0 atom stereocenters. The smallest absolute Gasteiger partial charge is 0.330 e. The van der Waals surface area contributed by atoms with Gasteiger partial charge < -0.3 is 9.47 Å². The van der Waals surface area contributed by atoms with Crippen molar-refractivity contribution in [2.45, 2.75) is 19.8 Å². The third-order valence-corrected chi connectivity index (χ3v) is 2.04. The molecule has 0 saturated heterocycles. The standard InChI is InChI=1S/C12H18O4/c1-4-11(13)15-8-6-10(3)7-9-16-12(14)5-2/h4-5,10H,1-2,6-9H2,3H3. The first-order chi connectivity index (χ1) is 7.60. The van der Waals surface area contributed by atoms with E-state index in [0.29, 0.717) is 19.1 Å². The van der Waals surface area contributed by atoms with Crippen molar-refractivity contribution < 1.29 is 19.1 Å². The molecule has 4 nitrogen and oxygen atoms in total. The summed E-state index contributed by atoms with van der Waals surface area (Å²) >= 11 is 0. The van der Waals surface area contributed by atoms with E-state index in [2.05, 4.69) is 13.2 Å². The van der Waals surface area contributed by atoms with Crippen LogP contribution in [0.15, 0.2) is 25.3 Å². The lowest BCUT2D eigenvalue weighted by molar-refractivity contribution is -0.138. The Balaban J connectivity index is 3.47. The molecular formula is C12H18O4. The van der Waals surface area contributed by atoms with Gasteiger partial charge in [-0.1, -0.05) is 20.1 Å². The van der Waals surface area contributed by atoms with E-state index in [1.165, 1.54) is 0 Å². The van der Waals surface area contributed by atoms with Crippen molar-refractivity contribution in [1.29, 1.82) is 0 Å². The minimum absolute atomic E-state index is 0.329. The summed E-state index contributed by atoms with van der Waals surface area (Å²) in [6.45, 7) is 9.32. The SMILES string of the molecule is C=CC(=O)OCCC(C)CCOC(=O)C=C. The van der Waals surface area contributed by atoms with Gasteiger partial charge in [-0.3, -0.25) is 0 Å². The number of esters is 2. The summed E-state index contributed by atoms with van der Waals surface area (Å²) in [5.74, 6) is -0.495. The summed E-state index contributed by atoms with van der Waals surface area (Å²) in [6, 6.07) is 0. The van der Waals surface area contributed by atoms with Gasteiger partial charge in [0.05, 0.1) is 13.2 Å². The highest BCUT2D eigenvalue weighted by molar-refractivity contribution is 5.81. The molecule has 0 aromatic rings. The predicted molar refractivity (Wildman–Crippen MR) is 60.7 cm³/mol. The quantitative estimate of drug-likeness (QED) is 0.468. The summed E-state index contributed by atoms with van der Waals surface area (Å²) in [5.41, 5.74) is 0. The van der Waals surface area contributed by atoms with Gasteiger partial charge in [-0.25, -0.2) is 9.59 Å². The van der Waals surface area contributed by atoms with E-state index in [4.69, 9.17) is 9.47 Å². The lowest BCUT2D eigenvalue weighted by Gasteiger charge is -2.10. The Bertz CT molecular complexity index is 232. The van der Waals surface area contributed by atoms with Crippen LogP contribution in [-0.2, 0) is 19.1 Å². The Labute approximate surface area is 95.9 Å². The van der Waals surface area contributed by atoms with Crippen molar-refractivity contribution in [3.8, 4) is 0 Å². The molecule has 0 unspecified atom stereocenters. The molecule has 16 heavy (non-hydrogen) atoms. The molecule has 90 valence electrons. The van der Waals surface area contributed by atoms with E-state index < -0.39 is 11.9 Å². The van der Waals surface area contributed by atoms with Crippen LogP contribution in [0.25, 0.3) is 0 Å². The number of hydrogen-bond acceptors (Lipinski definition) is 4. The lowest BCUT2D eigenvalue weighted by atomic mass is 10.1. The van der Waals surface area contributed by atoms with Gasteiger partial charge in [0.1, 0.15) is 0 Å². The maximum absolute atomic E-state index is 10.7. The second-order valence-corrected chi connectivity index (χ2v) is 3.43. The average molecular weight is 226 g/mol. The van der Waals surface area contributed by atoms with Gasteiger partial charge in [-0.2, -0.15) is 0 Å². The molecule has 4 heteroatoms. The molecule has 0 fully saturated rings. The first-order valence-corrected chi connectivity index (χ1v) is 5.18. The van der Waals surface area contributed by atoms with Crippen LogP contribution in [0.3, 0.4) is 0 Å². The van der Waals surface area contributed by atoms with E-state index in [0.717, 1.165) is 25.0 Å². The van der Waals surface area contributed by atoms with Crippen molar-refractivity contribution in [2.24, 2.45) is 5.92 Å². The third kappa shape index (κ3) is 7.79. The van der Waals surface area contributed by atoms with Gasteiger partial charge in [0.25, 0.3) is 0 Å². The summed E-state index contributed by atoms with van der Waals surface area (Å²) in [7, 11) is 0. The first kappa shape index (κ1) is 14.4. The normalized spacial score (nSPS) is 9.62. The predicted octanol–water partition coefficient (Wildman–Crippen LogP) is 1.86. The van der Waals surface area contributed by atoms with Crippen LogP contribution >= 0.6 is 0 Å². The van der Waals surface area contributed by atoms with Crippen molar-refractivity contribution in [3.05, 3.63) is 25.3 Å². The van der Waals surface area contributed by atoms with Crippen molar-refractivity contribution in [2.75, 3.05) is 13.2 Å². The largest absolute Gasteiger partial charge is 0.463 e. The summed E-state index contributed by atoms with van der Waals surface area (Å²) < 4.78 is 9.66. The summed E-state index contributed by atoms with van der Waals surface area (Å²) in [4.78, 5) is 21.4. The number of carbonyl (C=O) groups excluding carboxylic acids is 2. The van der Waals surface area contributed by atoms with Crippen LogP contribution in [-0.4, -0.2) is 25.2 Å². The molecule has 0 aliphatic rings. The van der Waals surface area contributed by atoms with E-state index in [9.17, 15) is 9.59 Å². The van der Waals surface area contributed by atoms with Gasteiger partial charge in [0, 0.05) is 12.2 Å². The third-order valence-electron chi connectivity index (χ3n) is 2.04. The molecule has 0 aliphatic heterocycles. The van der Waals surface area contributed by atoms with E-state index in [1.807, 2.05) is 6.92 Å². The van der Waals surface area contributed by atoms with Crippen molar-refractivity contribution in [3.63, 3.8) is 0 Å². The highest BCUT2D eigenvalue weighted by atomic mass is 16.5. The molecule has 0 radical (unpaired) electrons. The van der Waals surface area contributed by atoms with Crippen LogP contribution in [0.1, 0.15) is 19.8 Å². The van der Waals surface area contributed by atoms with Crippen LogP contribution < -0.4 is 0 Å². The zero-order chi connectivity index (χ0) is 12.4. The highest BCUT2D eigenvalue weighted by Crippen LogP contribution is 2.07. The Hall–Kier alpha value is -1.58. The Morgan fingerprint density at radius 3 is 1.75 bits per heavy atom. The monoisotopic (exact) mass is 226 g/mol. The van der Waals surface area contributed by atoms with Crippen LogP contribution in [0.2, 0.25) is 0 Å². The molecule has 0 amide bonds. The Morgan fingerprint density at radius 1 is 1.06 bits per heavy atom. The second kappa shape index (κ2) is 8.71. The fraction of sp³-hybridized carbons (Fsp3) is 0.500. The molecule has 0 rings (SSSR count). The molecule has 0 aromatic heterocycles. The zero-order valence-corrected chi connectivity index (χ0v) is 9.61. The zero-order valence-electron chi connectivity index (χ0n) is 9.61. The summed E-state index contributed by atoms with van der Waals surface area (Å²) in [6.07, 6.45) is 3.75. The van der Waals surface area contributed by atoms with Gasteiger partial charge >= 0.3 is 11.9 Å². The first-order valence-electron chi connectivity index (χ1n) is 5.18. The van der Waals surface area contributed by atoms with Gasteiger partial charge in [0.15, 0.2) is 0 Å². The number of rotatable bonds is 8. The van der Waals surface area contributed by atoms with Crippen LogP contribution in [0.4, 0.5) is 0 Å². The molecule has 0 N–H and O–H groups in total. The molecule has 0 saturated carbocycles. The van der Waals surface area contributed by atoms with Gasteiger partial charge in [0.2, 0.25) is 0 Å².